The molecule has 2 rings (SSSR count). The summed E-state index contributed by atoms with van der Waals surface area (Å²) in [6, 6.07) is 15.9. The van der Waals surface area contributed by atoms with Crippen LogP contribution in [0.3, 0.4) is 0 Å². The first-order chi connectivity index (χ1) is 13.2. The lowest BCUT2D eigenvalue weighted by Crippen LogP contribution is -2.35. The maximum atomic E-state index is 12.7. The first kappa shape index (κ1) is 21.8. The van der Waals surface area contributed by atoms with Gasteiger partial charge in [-0.1, -0.05) is 44.2 Å². The highest BCUT2D eigenvalue weighted by Gasteiger charge is 2.16. The fourth-order valence-electron chi connectivity index (χ4n) is 2.50. The summed E-state index contributed by atoms with van der Waals surface area (Å²) < 4.78 is 32.8. The van der Waals surface area contributed by atoms with E-state index < -0.39 is 10.1 Å². The summed E-state index contributed by atoms with van der Waals surface area (Å²) in [4.78, 5) is 14.4. The minimum absolute atomic E-state index is 0.0304. The molecule has 152 valence electrons. The Bertz CT molecular complexity index is 848. The Hall–Kier alpha value is -2.54. The summed E-state index contributed by atoms with van der Waals surface area (Å²) in [6.45, 7) is 5.23. The van der Waals surface area contributed by atoms with Crippen LogP contribution in [-0.2, 0) is 21.5 Å². The van der Waals surface area contributed by atoms with Gasteiger partial charge in [-0.2, -0.15) is 8.42 Å². The number of para-hydroxylation sites is 1. The Balaban J connectivity index is 2.02. The summed E-state index contributed by atoms with van der Waals surface area (Å²) in [5, 5.41) is 0. The molecule has 0 heterocycles. The number of nitrogens with zero attached hydrogens (tertiary/aromatic N) is 1. The third kappa shape index (κ3) is 8.00. The molecule has 0 aliphatic heterocycles. The van der Waals surface area contributed by atoms with Gasteiger partial charge in [-0.15, -0.1) is 0 Å². The number of hydrogen-bond acceptors (Lipinski definition) is 5. The molecule has 0 saturated carbocycles. The summed E-state index contributed by atoms with van der Waals surface area (Å²) in [6.07, 6.45) is 1.88. The fourth-order valence-corrected chi connectivity index (χ4v) is 2.97. The predicted molar refractivity (Wildman–Crippen MR) is 109 cm³/mol. The van der Waals surface area contributed by atoms with Crippen LogP contribution in [0.5, 0.6) is 11.5 Å². The number of amides is 1. The van der Waals surface area contributed by atoms with Crippen molar-refractivity contribution in [1.29, 1.82) is 0 Å². The van der Waals surface area contributed by atoms with Crippen molar-refractivity contribution in [2.45, 2.75) is 26.8 Å². The van der Waals surface area contributed by atoms with E-state index in [1.165, 1.54) is 0 Å². The number of benzene rings is 2. The molecule has 1 amide bonds. The Morgan fingerprint density at radius 1 is 1.00 bits per heavy atom. The second-order valence-corrected chi connectivity index (χ2v) is 8.61. The lowest BCUT2D eigenvalue weighted by Gasteiger charge is -2.24. The molecule has 0 radical (unpaired) electrons. The van der Waals surface area contributed by atoms with Crippen molar-refractivity contribution in [2.24, 2.45) is 5.92 Å². The molecule has 0 aliphatic rings. The van der Waals surface area contributed by atoms with Gasteiger partial charge in [0.15, 0.2) is 6.61 Å². The highest BCUT2D eigenvalue weighted by atomic mass is 32.2. The van der Waals surface area contributed by atoms with E-state index in [-0.39, 0.29) is 18.3 Å². The number of rotatable bonds is 10. The summed E-state index contributed by atoms with van der Waals surface area (Å²) >= 11 is 0. The molecule has 0 bridgehead atoms. The monoisotopic (exact) mass is 405 g/mol. The molecule has 28 heavy (non-hydrogen) atoms. The Morgan fingerprint density at radius 2 is 1.64 bits per heavy atom. The van der Waals surface area contributed by atoms with E-state index in [9.17, 15) is 13.2 Å². The molecule has 6 nitrogen and oxygen atoms in total. The lowest BCUT2D eigenvalue weighted by molar-refractivity contribution is -0.134. The maximum absolute atomic E-state index is 12.7. The average molecular weight is 406 g/mol. The SMILES string of the molecule is CC(C)CCN(Cc1ccc(OS(C)(=O)=O)cc1)C(=O)COc1ccccc1. The molecular formula is C21H27NO5S. The van der Waals surface area contributed by atoms with Crippen LogP contribution in [0.1, 0.15) is 25.8 Å². The van der Waals surface area contributed by atoms with Crippen LogP contribution in [0.25, 0.3) is 0 Å². The number of carbonyl (C=O) groups excluding carboxylic acids is 1. The summed E-state index contributed by atoms with van der Waals surface area (Å²) in [5.41, 5.74) is 0.887. The van der Waals surface area contributed by atoms with Crippen molar-refractivity contribution in [3.8, 4) is 11.5 Å². The smallest absolute Gasteiger partial charge is 0.306 e. The zero-order valence-corrected chi connectivity index (χ0v) is 17.3. The van der Waals surface area contributed by atoms with Gasteiger partial charge in [0, 0.05) is 13.1 Å². The minimum Gasteiger partial charge on any atom is -0.484 e. The number of carbonyl (C=O) groups is 1. The van der Waals surface area contributed by atoms with Crippen LogP contribution in [0, 0.1) is 5.92 Å². The zero-order valence-electron chi connectivity index (χ0n) is 16.5. The van der Waals surface area contributed by atoms with Crippen LogP contribution in [0.4, 0.5) is 0 Å². The van der Waals surface area contributed by atoms with Gasteiger partial charge in [0.1, 0.15) is 11.5 Å². The molecule has 2 aromatic carbocycles. The quantitative estimate of drug-likeness (QED) is 0.566. The van der Waals surface area contributed by atoms with Crippen molar-refractivity contribution in [1.82, 2.24) is 4.90 Å². The summed E-state index contributed by atoms with van der Waals surface area (Å²) in [5.74, 6) is 1.28. The second-order valence-electron chi connectivity index (χ2n) is 7.03. The molecule has 0 spiro atoms. The van der Waals surface area contributed by atoms with Crippen molar-refractivity contribution in [2.75, 3.05) is 19.4 Å². The van der Waals surface area contributed by atoms with Crippen molar-refractivity contribution < 1.29 is 22.1 Å². The number of ether oxygens (including phenoxy) is 1. The average Bonchev–Trinajstić information content (AvgIpc) is 2.64. The predicted octanol–water partition coefficient (Wildman–Crippen LogP) is 3.48. The molecule has 7 heteroatoms. The van der Waals surface area contributed by atoms with Gasteiger partial charge in [0.25, 0.3) is 5.91 Å². The molecular weight excluding hydrogens is 378 g/mol. The van der Waals surface area contributed by atoms with Crippen LogP contribution >= 0.6 is 0 Å². The van der Waals surface area contributed by atoms with E-state index in [4.69, 9.17) is 8.92 Å². The van der Waals surface area contributed by atoms with E-state index in [2.05, 4.69) is 13.8 Å². The van der Waals surface area contributed by atoms with Gasteiger partial charge in [-0.05, 0) is 42.2 Å². The highest BCUT2D eigenvalue weighted by Crippen LogP contribution is 2.16. The van der Waals surface area contributed by atoms with Crippen LogP contribution in [-0.4, -0.2) is 38.6 Å². The van der Waals surface area contributed by atoms with Crippen LogP contribution < -0.4 is 8.92 Å². The van der Waals surface area contributed by atoms with Crippen molar-refractivity contribution in [3.05, 3.63) is 60.2 Å². The van der Waals surface area contributed by atoms with E-state index in [0.717, 1.165) is 18.2 Å². The van der Waals surface area contributed by atoms with Gasteiger partial charge < -0.3 is 13.8 Å². The van der Waals surface area contributed by atoms with Crippen molar-refractivity contribution >= 4 is 16.0 Å². The standard InChI is InChI=1S/C21H27NO5S/c1-17(2)13-14-22(21(23)16-26-19-7-5-4-6-8-19)15-18-9-11-20(12-10-18)27-28(3,24)25/h4-12,17H,13-16H2,1-3H3. The van der Waals surface area contributed by atoms with E-state index in [0.29, 0.717) is 24.8 Å². The topological polar surface area (TPSA) is 72.9 Å². The first-order valence-electron chi connectivity index (χ1n) is 9.17. The molecule has 2 aromatic rings. The Kier molecular flexibility index (Phi) is 7.87. The highest BCUT2D eigenvalue weighted by molar-refractivity contribution is 7.86. The third-order valence-corrected chi connectivity index (χ3v) is 4.47. The maximum Gasteiger partial charge on any atom is 0.306 e. The molecule has 0 unspecified atom stereocenters. The second kappa shape index (κ2) is 10.1. The van der Waals surface area contributed by atoms with Gasteiger partial charge >= 0.3 is 10.1 Å². The molecule has 0 aromatic heterocycles. The normalized spacial score (nSPS) is 11.3. The van der Waals surface area contributed by atoms with Crippen LogP contribution in [0.15, 0.2) is 54.6 Å². The third-order valence-electron chi connectivity index (χ3n) is 3.98. The van der Waals surface area contributed by atoms with E-state index in [1.807, 2.05) is 30.3 Å². The molecule has 0 atom stereocenters. The van der Waals surface area contributed by atoms with Crippen LogP contribution in [0.2, 0.25) is 0 Å². The fraction of sp³-hybridized carbons (Fsp3) is 0.381. The molecule has 0 aliphatic carbocycles. The minimum atomic E-state index is -3.56. The molecule has 0 saturated heterocycles. The Morgan fingerprint density at radius 3 is 2.21 bits per heavy atom. The largest absolute Gasteiger partial charge is 0.484 e. The van der Waals surface area contributed by atoms with Gasteiger partial charge in [-0.3, -0.25) is 4.79 Å². The first-order valence-corrected chi connectivity index (χ1v) is 11.0. The van der Waals surface area contributed by atoms with Gasteiger partial charge in [-0.25, -0.2) is 0 Å². The van der Waals surface area contributed by atoms with E-state index in [1.54, 1.807) is 29.2 Å². The summed E-state index contributed by atoms with van der Waals surface area (Å²) in [7, 11) is -3.56. The molecule has 0 fully saturated rings. The zero-order chi connectivity index (χ0) is 20.6. The Labute approximate surface area is 167 Å². The number of hydrogen-bond donors (Lipinski definition) is 0. The van der Waals surface area contributed by atoms with Crippen molar-refractivity contribution in [3.63, 3.8) is 0 Å². The lowest BCUT2D eigenvalue weighted by atomic mass is 10.1. The molecule has 0 N–H and O–H groups in total. The van der Waals surface area contributed by atoms with Gasteiger partial charge in [0.05, 0.1) is 6.26 Å². The van der Waals surface area contributed by atoms with Gasteiger partial charge in [0.2, 0.25) is 0 Å². The van der Waals surface area contributed by atoms with E-state index >= 15 is 0 Å².